The van der Waals surface area contributed by atoms with Crippen LogP contribution in [0.15, 0.2) is 23.1 Å². The Labute approximate surface area is 113 Å². The van der Waals surface area contributed by atoms with E-state index in [1.54, 1.807) is 11.8 Å². The molecule has 0 bridgehead atoms. The molecule has 1 atom stereocenters. The van der Waals surface area contributed by atoms with Crippen molar-refractivity contribution in [1.82, 2.24) is 0 Å². The van der Waals surface area contributed by atoms with Gasteiger partial charge in [0.1, 0.15) is 5.75 Å². The zero-order valence-corrected chi connectivity index (χ0v) is 11.8. The number of anilines is 1. The highest BCUT2D eigenvalue weighted by atomic mass is 32.2. The van der Waals surface area contributed by atoms with Gasteiger partial charge in [-0.2, -0.15) is 0 Å². The Morgan fingerprint density at radius 1 is 1.50 bits per heavy atom. The first-order chi connectivity index (χ1) is 8.66. The van der Waals surface area contributed by atoms with Crippen molar-refractivity contribution < 1.29 is 9.47 Å². The quantitative estimate of drug-likeness (QED) is 0.656. The Bertz CT molecular complexity index is 389. The van der Waals surface area contributed by atoms with Crippen LogP contribution in [0.4, 0.5) is 5.69 Å². The van der Waals surface area contributed by atoms with Gasteiger partial charge in [-0.1, -0.05) is 6.07 Å². The van der Waals surface area contributed by atoms with E-state index in [1.807, 2.05) is 32.0 Å². The van der Waals surface area contributed by atoms with Gasteiger partial charge in [0.2, 0.25) is 0 Å². The van der Waals surface area contributed by atoms with E-state index in [0.717, 1.165) is 35.1 Å². The Hall–Kier alpha value is -0.870. The maximum absolute atomic E-state index is 6.13. The van der Waals surface area contributed by atoms with Crippen molar-refractivity contribution in [3.63, 3.8) is 0 Å². The van der Waals surface area contributed by atoms with Crippen LogP contribution in [-0.4, -0.2) is 24.6 Å². The molecule has 1 heterocycles. The summed E-state index contributed by atoms with van der Waals surface area (Å²) < 4.78 is 11.3. The van der Waals surface area contributed by atoms with E-state index in [1.165, 1.54) is 6.42 Å². The van der Waals surface area contributed by atoms with Crippen molar-refractivity contribution in [1.29, 1.82) is 0 Å². The van der Waals surface area contributed by atoms with Crippen molar-refractivity contribution in [2.45, 2.75) is 43.8 Å². The normalized spacial score (nSPS) is 19.4. The third kappa shape index (κ3) is 3.56. The molecule has 0 aliphatic carbocycles. The van der Waals surface area contributed by atoms with Gasteiger partial charge in [-0.25, -0.2) is 0 Å². The zero-order valence-electron chi connectivity index (χ0n) is 11.0. The lowest BCUT2D eigenvalue weighted by Crippen LogP contribution is -2.09. The minimum Gasteiger partial charge on any atom is -0.489 e. The van der Waals surface area contributed by atoms with Gasteiger partial charge in [-0.3, -0.25) is 0 Å². The van der Waals surface area contributed by atoms with Gasteiger partial charge >= 0.3 is 0 Å². The molecule has 100 valence electrons. The molecule has 1 fully saturated rings. The van der Waals surface area contributed by atoms with Gasteiger partial charge in [-0.05, 0) is 38.8 Å². The fourth-order valence-electron chi connectivity index (χ4n) is 1.96. The number of para-hydroxylation sites is 1. The second-order valence-electron chi connectivity index (χ2n) is 4.78. The summed E-state index contributed by atoms with van der Waals surface area (Å²) in [6.07, 6.45) is 2.86. The number of nitrogen functional groups attached to an aromatic ring is 1. The summed E-state index contributed by atoms with van der Waals surface area (Å²) >= 11 is 1.76. The van der Waals surface area contributed by atoms with E-state index < -0.39 is 0 Å². The highest BCUT2D eigenvalue weighted by Crippen LogP contribution is 2.34. The van der Waals surface area contributed by atoms with Gasteiger partial charge in [0.15, 0.2) is 0 Å². The van der Waals surface area contributed by atoms with Gasteiger partial charge in [-0.15, -0.1) is 11.8 Å². The maximum atomic E-state index is 6.13. The molecular formula is C14H21NO2S. The number of thioether (sulfide) groups is 1. The molecule has 0 saturated carbocycles. The lowest BCUT2D eigenvalue weighted by molar-refractivity contribution is 0.129. The molecule has 1 saturated heterocycles. The van der Waals surface area contributed by atoms with Crippen LogP contribution in [0.2, 0.25) is 0 Å². The fourth-order valence-corrected chi connectivity index (χ4v) is 3.02. The highest BCUT2D eigenvalue weighted by molar-refractivity contribution is 7.99. The standard InChI is InChI=1S/C14H21NO2S/c1-10(2)17-12-6-3-7-13(14(12)15)18-9-11-5-4-8-16-11/h3,6-7,10-11H,4-5,8-9,15H2,1-2H3. The van der Waals surface area contributed by atoms with Gasteiger partial charge in [0.05, 0.1) is 17.9 Å². The molecule has 4 heteroatoms. The Kier molecular flexibility index (Phi) is 4.78. The first-order valence-electron chi connectivity index (χ1n) is 6.46. The summed E-state index contributed by atoms with van der Waals surface area (Å²) in [5.41, 5.74) is 6.87. The first-order valence-corrected chi connectivity index (χ1v) is 7.45. The van der Waals surface area contributed by atoms with Crippen LogP contribution in [0.5, 0.6) is 5.75 Å². The number of hydrogen-bond acceptors (Lipinski definition) is 4. The predicted octanol–water partition coefficient (Wildman–Crippen LogP) is 3.33. The number of nitrogens with two attached hydrogens (primary N) is 1. The van der Waals surface area contributed by atoms with Crippen molar-refractivity contribution in [3.05, 3.63) is 18.2 Å². The van der Waals surface area contributed by atoms with Crippen molar-refractivity contribution >= 4 is 17.4 Å². The largest absolute Gasteiger partial charge is 0.489 e. The predicted molar refractivity (Wildman–Crippen MR) is 76.3 cm³/mol. The zero-order chi connectivity index (χ0) is 13.0. The molecule has 2 rings (SSSR count). The Morgan fingerprint density at radius 2 is 2.33 bits per heavy atom. The fraction of sp³-hybridized carbons (Fsp3) is 0.571. The summed E-state index contributed by atoms with van der Waals surface area (Å²) in [5.74, 6) is 1.75. The van der Waals surface area contributed by atoms with E-state index in [2.05, 4.69) is 0 Å². The monoisotopic (exact) mass is 267 g/mol. The van der Waals surface area contributed by atoms with Gasteiger partial charge in [0.25, 0.3) is 0 Å². The first kappa shape index (κ1) is 13.6. The second kappa shape index (κ2) is 6.34. The topological polar surface area (TPSA) is 44.5 Å². The number of rotatable bonds is 5. The molecule has 0 amide bonds. The molecule has 1 unspecified atom stereocenters. The van der Waals surface area contributed by atoms with Gasteiger partial charge < -0.3 is 15.2 Å². The number of benzene rings is 1. The van der Waals surface area contributed by atoms with E-state index in [9.17, 15) is 0 Å². The highest BCUT2D eigenvalue weighted by Gasteiger charge is 2.16. The molecule has 18 heavy (non-hydrogen) atoms. The van der Waals surface area contributed by atoms with Crippen molar-refractivity contribution in [2.24, 2.45) is 0 Å². The second-order valence-corrected chi connectivity index (χ2v) is 5.84. The minimum absolute atomic E-state index is 0.144. The van der Waals surface area contributed by atoms with Crippen LogP contribution in [0.25, 0.3) is 0 Å². The third-order valence-corrected chi connectivity index (χ3v) is 4.04. The van der Waals surface area contributed by atoms with Crippen LogP contribution in [0, 0.1) is 0 Å². The number of hydrogen-bond donors (Lipinski definition) is 1. The summed E-state index contributed by atoms with van der Waals surface area (Å²) in [4.78, 5) is 1.09. The molecule has 1 aromatic rings. The van der Waals surface area contributed by atoms with Gasteiger partial charge in [0, 0.05) is 17.3 Å². The third-order valence-electron chi connectivity index (χ3n) is 2.84. The SMILES string of the molecule is CC(C)Oc1cccc(SCC2CCCO2)c1N. The molecule has 0 spiro atoms. The number of ether oxygens (including phenoxy) is 2. The minimum atomic E-state index is 0.144. The summed E-state index contributed by atoms with van der Waals surface area (Å²) in [7, 11) is 0. The lowest BCUT2D eigenvalue weighted by Gasteiger charge is -2.15. The summed E-state index contributed by atoms with van der Waals surface area (Å²) in [6, 6.07) is 5.96. The van der Waals surface area contributed by atoms with Crippen LogP contribution in [0.3, 0.4) is 0 Å². The van der Waals surface area contributed by atoms with Crippen molar-refractivity contribution in [2.75, 3.05) is 18.1 Å². The average molecular weight is 267 g/mol. The van der Waals surface area contributed by atoms with E-state index in [0.29, 0.717) is 6.10 Å². The molecule has 3 nitrogen and oxygen atoms in total. The summed E-state index contributed by atoms with van der Waals surface area (Å²) in [5, 5.41) is 0. The van der Waals surface area contributed by atoms with E-state index in [-0.39, 0.29) is 6.10 Å². The molecule has 0 radical (unpaired) electrons. The van der Waals surface area contributed by atoms with E-state index >= 15 is 0 Å². The molecule has 1 aliphatic heterocycles. The van der Waals surface area contributed by atoms with Crippen LogP contribution in [-0.2, 0) is 4.74 Å². The Balaban J connectivity index is 1.98. The molecule has 1 aliphatic rings. The van der Waals surface area contributed by atoms with Crippen molar-refractivity contribution in [3.8, 4) is 5.75 Å². The van der Waals surface area contributed by atoms with E-state index in [4.69, 9.17) is 15.2 Å². The molecular weight excluding hydrogens is 246 g/mol. The lowest BCUT2D eigenvalue weighted by atomic mass is 10.3. The molecule has 0 aromatic heterocycles. The smallest absolute Gasteiger partial charge is 0.143 e. The van der Waals surface area contributed by atoms with Crippen LogP contribution in [0.1, 0.15) is 26.7 Å². The Morgan fingerprint density at radius 3 is 3.00 bits per heavy atom. The molecule has 2 N–H and O–H groups in total. The summed E-state index contributed by atoms with van der Waals surface area (Å²) in [6.45, 7) is 4.91. The van der Waals surface area contributed by atoms with Crippen LogP contribution >= 0.6 is 11.8 Å². The van der Waals surface area contributed by atoms with Crippen LogP contribution < -0.4 is 10.5 Å². The average Bonchev–Trinajstić information content (AvgIpc) is 2.83. The molecule has 1 aromatic carbocycles. The maximum Gasteiger partial charge on any atom is 0.143 e.